The lowest BCUT2D eigenvalue weighted by Crippen LogP contribution is -2.28. The van der Waals surface area contributed by atoms with Gasteiger partial charge in [0, 0.05) is 18.8 Å². The van der Waals surface area contributed by atoms with E-state index in [1.807, 2.05) is 37.1 Å². The second kappa shape index (κ2) is 4.60. The van der Waals surface area contributed by atoms with Gasteiger partial charge in [0.1, 0.15) is 0 Å². The molecule has 1 heterocycles. The summed E-state index contributed by atoms with van der Waals surface area (Å²) in [5, 5.41) is 9.62. The van der Waals surface area contributed by atoms with Gasteiger partial charge in [-0.1, -0.05) is 11.3 Å². The zero-order valence-corrected chi connectivity index (χ0v) is 10.7. The molecule has 2 aromatic rings. The average Bonchev–Trinajstić information content (AvgIpc) is 2.71. The molecular formula is C12H14N4S. The minimum absolute atomic E-state index is 0.165. The fourth-order valence-corrected chi connectivity index (χ4v) is 2.62. The molecule has 1 atom stereocenters. The summed E-state index contributed by atoms with van der Waals surface area (Å²) in [6.07, 6.45) is 0.495. The monoisotopic (exact) mass is 246 g/mol. The molecule has 5 heteroatoms. The summed E-state index contributed by atoms with van der Waals surface area (Å²) in [6, 6.07) is 8.05. The van der Waals surface area contributed by atoms with Crippen molar-refractivity contribution >= 4 is 32.4 Å². The summed E-state index contributed by atoms with van der Waals surface area (Å²) in [6.45, 7) is 2.02. The van der Waals surface area contributed by atoms with Gasteiger partial charge in [-0.3, -0.25) is 0 Å². The zero-order chi connectivity index (χ0) is 12.4. The summed E-state index contributed by atoms with van der Waals surface area (Å²) in [5.74, 6) is 0. The van der Waals surface area contributed by atoms with E-state index in [9.17, 15) is 0 Å². The Balaban J connectivity index is 2.33. The number of thiazole rings is 1. The van der Waals surface area contributed by atoms with Crippen molar-refractivity contribution in [3.8, 4) is 6.07 Å². The number of aromatic nitrogens is 1. The molecule has 0 radical (unpaired) electrons. The first kappa shape index (κ1) is 11.7. The van der Waals surface area contributed by atoms with E-state index in [4.69, 9.17) is 11.0 Å². The molecule has 0 spiro atoms. The van der Waals surface area contributed by atoms with Crippen LogP contribution in [0, 0.1) is 11.3 Å². The van der Waals surface area contributed by atoms with E-state index in [1.54, 1.807) is 11.3 Å². The van der Waals surface area contributed by atoms with Gasteiger partial charge in [-0.05, 0) is 25.1 Å². The standard InChI is InChI=1S/C12H14N4S/c1-8(5-6-13)16(2)12-15-10-4-3-9(14)7-11(10)17-12/h3-4,7-8H,5,14H2,1-2H3. The second-order valence-electron chi connectivity index (χ2n) is 4.05. The van der Waals surface area contributed by atoms with Gasteiger partial charge in [0.25, 0.3) is 0 Å². The minimum Gasteiger partial charge on any atom is -0.399 e. The van der Waals surface area contributed by atoms with Gasteiger partial charge in [-0.2, -0.15) is 5.26 Å². The van der Waals surface area contributed by atoms with Crippen LogP contribution in [0.1, 0.15) is 13.3 Å². The number of rotatable bonds is 3. The van der Waals surface area contributed by atoms with Crippen LogP contribution in [0.25, 0.3) is 10.2 Å². The van der Waals surface area contributed by atoms with E-state index in [2.05, 4.69) is 11.1 Å². The molecule has 17 heavy (non-hydrogen) atoms. The third-order valence-electron chi connectivity index (χ3n) is 2.75. The predicted octanol–water partition coefficient (Wildman–Crippen LogP) is 2.62. The van der Waals surface area contributed by atoms with E-state index in [0.717, 1.165) is 21.0 Å². The highest BCUT2D eigenvalue weighted by Crippen LogP contribution is 2.30. The average molecular weight is 246 g/mol. The van der Waals surface area contributed by atoms with Crippen LogP contribution in [0.5, 0.6) is 0 Å². The van der Waals surface area contributed by atoms with Crippen molar-refractivity contribution in [2.75, 3.05) is 17.7 Å². The van der Waals surface area contributed by atoms with Crippen LogP contribution in [0.3, 0.4) is 0 Å². The number of nitrogen functional groups attached to an aromatic ring is 1. The van der Waals surface area contributed by atoms with Crippen LogP contribution in [-0.4, -0.2) is 18.1 Å². The van der Waals surface area contributed by atoms with Crippen molar-refractivity contribution in [3.63, 3.8) is 0 Å². The first-order valence-electron chi connectivity index (χ1n) is 5.37. The maximum absolute atomic E-state index is 8.70. The summed E-state index contributed by atoms with van der Waals surface area (Å²) in [7, 11) is 1.96. The van der Waals surface area contributed by atoms with Crippen LogP contribution in [0.4, 0.5) is 10.8 Å². The highest BCUT2D eigenvalue weighted by Gasteiger charge is 2.14. The molecule has 0 amide bonds. The van der Waals surface area contributed by atoms with Crippen molar-refractivity contribution in [2.45, 2.75) is 19.4 Å². The molecule has 0 saturated heterocycles. The largest absolute Gasteiger partial charge is 0.399 e. The van der Waals surface area contributed by atoms with Crippen LogP contribution in [0.15, 0.2) is 18.2 Å². The lowest BCUT2D eigenvalue weighted by atomic mass is 10.2. The lowest BCUT2D eigenvalue weighted by molar-refractivity contribution is 0.701. The van der Waals surface area contributed by atoms with E-state index in [1.165, 1.54) is 0 Å². The first-order valence-corrected chi connectivity index (χ1v) is 6.19. The normalized spacial score (nSPS) is 12.3. The highest BCUT2D eigenvalue weighted by molar-refractivity contribution is 7.22. The minimum atomic E-state index is 0.165. The summed E-state index contributed by atoms with van der Waals surface area (Å²) in [5.41, 5.74) is 7.44. The highest BCUT2D eigenvalue weighted by atomic mass is 32.1. The van der Waals surface area contributed by atoms with Crippen LogP contribution >= 0.6 is 11.3 Å². The van der Waals surface area contributed by atoms with Crippen LogP contribution in [-0.2, 0) is 0 Å². The Kier molecular flexibility index (Phi) is 3.16. The van der Waals surface area contributed by atoms with Crippen molar-refractivity contribution in [2.24, 2.45) is 0 Å². The number of hydrogen-bond donors (Lipinski definition) is 1. The van der Waals surface area contributed by atoms with Crippen molar-refractivity contribution in [1.29, 1.82) is 5.26 Å². The summed E-state index contributed by atoms with van der Waals surface area (Å²) >= 11 is 1.60. The van der Waals surface area contributed by atoms with Gasteiger partial charge >= 0.3 is 0 Å². The van der Waals surface area contributed by atoms with E-state index in [0.29, 0.717) is 6.42 Å². The van der Waals surface area contributed by atoms with Crippen LogP contribution in [0.2, 0.25) is 0 Å². The van der Waals surface area contributed by atoms with E-state index in [-0.39, 0.29) is 6.04 Å². The lowest BCUT2D eigenvalue weighted by Gasteiger charge is -2.21. The summed E-state index contributed by atoms with van der Waals surface area (Å²) < 4.78 is 1.08. The Hall–Kier alpha value is -1.80. The predicted molar refractivity (Wildman–Crippen MR) is 72.1 cm³/mol. The third kappa shape index (κ3) is 2.32. The Labute approximate surface area is 104 Å². The molecular weight excluding hydrogens is 232 g/mol. The van der Waals surface area contributed by atoms with E-state index < -0.39 is 0 Å². The molecule has 4 nitrogen and oxygen atoms in total. The number of nitrogens with zero attached hydrogens (tertiary/aromatic N) is 3. The third-order valence-corrected chi connectivity index (χ3v) is 3.86. The number of nitriles is 1. The molecule has 1 aromatic carbocycles. The fraction of sp³-hybridized carbons (Fsp3) is 0.333. The molecule has 0 saturated carbocycles. The molecule has 0 aliphatic carbocycles. The molecule has 2 rings (SSSR count). The summed E-state index contributed by atoms with van der Waals surface area (Å²) in [4.78, 5) is 6.57. The maximum Gasteiger partial charge on any atom is 0.186 e. The number of benzene rings is 1. The van der Waals surface area contributed by atoms with E-state index >= 15 is 0 Å². The molecule has 0 aliphatic rings. The molecule has 0 bridgehead atoms. The Morgan fingerprint density at radius 2 is 2.35 bits per heavy atom. The van der Waals surface area contributed by atoms with Gasteiger partial charge in [-0.25, -0.2) is 4.98 Å². The number of hydrogen-bond acceptors (Lipinski definition) is 5. The van der Waals surface area contributed by atoms with Crippen LogP contribution < -0.4 is 10.6 Å². The first-order chi connectivity index (χ1) is 8.11. The second-order valence-corrected chi connectivity index (χ2v) is 5.05. The quantitative estimate of drug-likeness (QED) is 0.845. The molecule has 1 unspecified atom stereocenters. The SMILES string of the molecule is CC(CC#N)N(C)c1nc2ccc(N)cc2s1. The zero-order valence-electron chi connectivity index (χ0n) is 9.84. The number of nitrogens with two attached hydrogens (primary N) is 1. The molecule has 0 aliphatic heterocycles. The fourth-order valence-electron chi connectivity index (χ4n) is 1.54. The smallest absolute Gasteiger partial charge is 0.186 e. The molecule has 88 valence electrons. The van der Waals surface area contributed by atoms with Gasteiger partial charge < -0.3 is 10.6 Å². The van der Waals surface area contributed by atoms with Gasteiger partial charge in [0.2, 0.25) is 0 Å². The van der Waals surface area contributed by atoms with Crippen molar-refractivity contribution < 1.29 is 0 Å². The topological polar surface area (TPSA) is 65.9 Å². The molecule has 1 aromatic heterocycles. The van der Waals surface area contributed by atoms with Gasteiger partial charge in [-0.15, -0.1) is 0 Å². The number of fused-ring (bicyclic) bond motifs is 1. The van der Waals surface area contributed by atoms with Crippen molar-refractivity contribution in [3.05, 3.63) is 18.2 Å². The molecule has 0 fully saturated rings. The molecule has 2 N–H and O–H groups in total. The Bertz CT molecular complexity index is 569. The van der Waals surface area contributed by atoms with Crippen molar-refractivity contribution in [1.82, 2.24) is 4.98 Å². The van der Waals surface area contributed by atoms with Gasteiger partial charge in [0.05, 0.1) is 22.7 Å². The maximum atomic E-state index is 8.70. The Morgan fingerprint density at radius 1 is 1.59 bits per heavy atom. The Morgan fingerprint density at radius 3 is 3.06 bits per heavy atom. The van der Waals surface area contributed by atoms with Gasteiger partial charge in [0.15, 0.2) is 5.13 Å². The number of anilines is 2.